The molecule has 1 saturated heterocycles. The Kier molecular flexibility index (Phi) is 6.50. The van der Waals surface area contributed by atoms with Gasteiger partial charge >= 0.3 is 5.69 Å². The van der Waals surface area contributed by atoms with Crippen molar-refractivity contribution in [3.63, 3.8) is 0 Å². The first-order chi connectivity index (χ1) is 16.3. The highest BCUT2D eigenvalue weighted by Gasteiger charge is 2.30. The standard InChI is InChI=1S/C23H22Cl2F2N4O2S/c1-11-8-28-3-4-30(11)22-14-6-16(25)19(13-5-15(24)18(27)7-17(13)26)21-20(14)31(23(32)29-22)9-12(33-2)10-34-21/h5-7,11-12,28H,3-4,8-10H2,1-2H3/t11-,12+/m0/s1. The Morgan fingerprint density at radius 1 is 1.21 bits per heavy atom. The number of nitrogens with one attached hydrogen (secondary N) is 1. The molecular weight excluding hydrogens is 505 g/mol. The van der Waals surface area contributed by atoms with E-state index in [1.165, 1.54) is 17.8 Å². The number of piperazine rings is 1. The van der Waals surface area contributed by atoms with Crippen molar-refractivity contribution >= 4 is 51.7 Å². The Morgan fingerprint density at radius 2 is 2.00 bits per heavy atom. The third-order valence-electron chi connectivity index (χ3n) is 6.34. The molecule has 5 rings (SSSR count). The number of halogens is 4. The number of methoxy groups -OCH3 is 1. The van der Waals surface area contributed by atoms with Crippen molar-refractivity contribution in [3.05, 3.63) is 50.4 Å². The molecule has 1 N–H and O–H groups in total. The van der Waals surface area contributed by atoms with Gasteiger partial charge in [0.15, 0.2) is 0 Å². The van der Waals surface area contributed by atoms with E-state index in [-0.39, 0.29) is 27.8 Å². The summed E-state index contributed by atoms with van der Waals surface area (Å²) in [5.41, 5.74) is 0.646. The smallest absolute Gasteiger partial charge is 0.350 e. The number of aromatic nitrogens is 2. The third-order valence-corrected chi connectivity index (χ3v) is 8.15. The number of hydrogen-bond donors (Lipinski definition) is 1. The maximum Gasteiger partial charge on any atom is 0.350 e. The Labute approximate surface area is 209 Å². The number of ether oxygens (including phenoxy) is 1. The molecule has 2 atom stereocenters. The lowest BCUT2D eigenvalue weighted by Crippen LogP contribution is -2.51. The molecule has 6 nitrogen and oxygen atoms in total. The largest absolute Gasteiger partial charge is 0.379 e. The number of nitrogens with zero attached hydrogens (tertiary/aromatic N) is 3. The molecule has 2 aliphatic rings. The van der Waals surface area contributed by atoms with Crippen LogP contribution in [0.15, 0.2) is 27.9 Å². The highest BCUT2D eigenvalue weighted by molar-refractivity contribution is 7.99. The van der Waals surface area contributed by atoms with E-state index >= 15 is 0 Å². The first kappa shape index (κ1) is 23.8. The molecule has 3 aromatic rings. The first-order valence-corrected chi connectivity index (χ1v) is 12.6. The van der Waals surface area contributed by atoms with E-state index in [1.54, 1.807) is 17.7 Å². The Balaban J connectivity index is 1.86. The summed E-state index contributed by atoms with van der Waals surface area (Å²) in [7, 11) is 1.58. The van der Waals surface area contributed by atoms with E-state index in [0.29, 0.717) is 46.0 Å². The number of anilines is 1. The molecule has 0 aliphatic carbocycles. The van der Waals surface area contributed by atoms with Gasteiger partial charge < -0.3 is 15.0 Å². The van der Waals surface area contributed by atoms with Gasteiger partial charge in [-0.3, -0.25) is 4.57 Å². The fourth-order valence-corrected chi connectivity index (χ4v) is 6.43. The number of thioether (sulfide) groups is 1. The molecule has 0 radical (unpaired) electrons. The molecule has 0 bridgehead atoms. The lowest BCUT2D eigenvalue weighted by Gasteiger charge is -2.35. The van der Waals surface area contributed by atoms with Crippen LogP contribution in [0.4, 0.5) is 14.6 Å². The van der Waals surface area contributed by atoms with Crippen LogP contribution in [0.1, 0.15) is 6.92 Å². The van der Waals surface area contributed by atoms with Crippen molar-refractivity contribution in [3.8, 4) is 11.1 Å². The lowest BCUT2D eigenvalue weighted by molar-refractivity contribution is 0.107. The fourth-order valence-electron chi connectivity index (χ4n) is 4.59. The summed E-state index contributed by atoms with van der Waals surface area (Å²) in [6, 6.07) is 3.81. The molecule has 34 heavy (non-hydrogen) atoms. The monoisotopic (exact) mass is 526 g/mol. The van der Waals surface area contributed by atoms with Crippen molar-refractivity contribution in [1.29, 1.82) is 0 Å². The minimum absolute atomic E-state index is 0.0737. The van der Waals surface area contributed by atoms with Gasteiger partial charge in [-0.25, -0.2) is 13.6 Å². The first-order valence-electron chi connectivity index (χ1n) is 10.8. The Morgan fingerprint density at radius 3 is 2.74 bits per heavy atom. The molecule has 0 amide bonds. The van der Waals surface area contributed by atoms with Gasteiger partial charge in [0.05, 0.1) is 28.2 Å². The highest BCUT2D eigenvalue weighted by atomic mass is 35.5. The minimum Gasteiger partial charge on any atom is -0.379 e. The van der Waals surface area contributed by atoms with Gasteiger partial charge in [-0.05, 0) is 19.1 Å². The quantitative estimate of drug-likeness (QED) is 0.504. The van der Waals surface area contributed by atoms with Crippen molar-refractivity contribution in [2.75, 3.05) is 37.4 Å². The second-order valence-corrected chi connectivity index (χ2v) is 10.3. The van der Waals surface area contributed by atoms with Gasteiger partial charge in [-0.2, -0.15) is 4.98 Å². The van der Waals surface area contributed by atoms with Crippen LogP contribution in [0, 0.1) is 11.6 Å². The average molecular weight is 527 g/mol. The number of hydrogen-bond acceptors (Lipinski definition) is 6. The number of rotatable bonds is 3. The van der Waals surface area contributed by atoms with E-state index < -0.39 is 17.3 Å². The summed E-state index contributed by atoms with van der Waals surface area (Å²) in [6.45, 7) is 4.55. The lowest BCUT2D eigenvalue weighted by atomic mass is 10.0. The zero-order valence-electron chi connectivity index (χ0n) is 18.5. The normalized spacial score (nSPS) is 20.6. The second-order valence-electron chi connectivity index (χ2n) is 8.45. The fraction of sp³-hybridized carbons (Fsp3) is 0.391. The molecule has 11 heteroatoms. The third kappa shape index (κ3) is 3.97. The zero-order chi connectivity index (χ0) is 24.1. The summed E-state index contributed by atoms with van der Waals surface area (Å²) in [5, 5.41) is 4.10. The zero-order valence-corrected chi connectivity index (χ0v) is 20.8. The summed E-state index contributed by atoms with van der Waals surface area (Å²) < 4.78 is 36.0. The predicted molar refractivity (Wildman–Crippen MR) is 133 cm³/mol. The second kappa shape index (κ2) is 9.28. The molecule has 2 aromatic carbocycles. The Hall–Kier alpha value is -1.91. The van der Waals surface area contributed by atoms with Crippen molar-refractivity contribution in [2.45, 2.75) is 30.5 Å². The molecular formula is C23H22Cl2F2N4O2S. The van der Waals surface area contributed by atoms with E-state index in [1.807, 2.05) is 0 Å². The minimum atomic E-state index is -0.853. The van der Waals surface area contributed by atoms with Gasteiger partial charge in [0, 0.05) is 66.0 Å². The maximum absolute atomic E-state index is 15.0. The number of benzene rings is 2. The Bertz CT molecular complexity index is 1350. The van der Waals surface area contributed by atoms with Crippen LogP contribution in [-0.4, -0.2) is 54.2 Å². The summed E-state index contributed by atoms with van der Waals surface area (Å²) >= 11 is 14.2. The van der Waals surface area contributed by atoms with Gasteiger partial charge in [0.1, 0.15) is 17.5 Å². The molecule has 0 unspecified atom stereocenters. The van der Waals surface area contributed by atoms with Crippen LogP contribution in [0.25, 0.3) is 22.0 Å². The molecule has 1 fully saturated rings. The van der Waals surface area contributed by atoms with Crippen LogP contribution in [0.3, 0.4) is 0 Å². The molecule has 180 valence electrons. The van der Waals surface area contributed by atoms with Gasteiger partial charge in [-0.1, -0.05) is 23.2 Å². The molecule has 2 aliphatic heterocycles. The van der Waals surface area contributed by atoms with Crippen LogP contribution in [0.2, 0.25) is 10.0 Å². The van der Waals surface area contributed by atoms with Crippen LogP contribution in [0.5, 0.6) is 0 Å². The van der Waals surface area contributed by atoms with Crippen molar-refractivity contribution in [1.82, 2.24) is 14.9 Å². The van der Waals surface area contributed by atoms with Gasteiger partial charge in [0.2, 0.25) is 0 Å². The SMILES string of the molecule is CO[C@H]1CSc2c(-c3cc(Cl)c(F)cc3F)c(Cl)cc3c(N4CCNC[C@@H]4C)nc(=O)n(c23)C1. The van der Waals surface area contributed by atoms with Crippen molar-refractivity contribution < 1.29 is 13.5 Å². The van der Waals surface area contributed by atoms with E-state index in [4.69, 9.17) is 27.9 Å². The van der Waals surface area contributed by atoms with Crippen LogP contribution in [-0.2, 0) is 11.3 Å². The van der Waals surface area contributed by atoms with Gasteiger partial charge in [0.25, 0.3) is 0 Å². The van der Waals surface area contributed by atoms with E-state index in [0.717, 1.165) is 19.2 Å². The van der Waals surface area contributed by atoms with E-state index in [2.05, 4.69) is 22.1 Å². The molecule has 3 heterocycles. The molecule has 1 aromatic heterocycles. The topological polar surface area (TPSA) is 59.4 Å². The highest BCUT2D eigenvalue weighted by Crippen LogP contribution is 2.46. The average Bonchev–Trinajstić information content (AvgIpc) is 3.00. The maximum atomic E-state index is 15.0. The summed E-state index contributed by atoms with van der Waals surface area (Å²) in [6.07, 6.45) is -0.266. The van der Waals surface area contributed by atoms with E-state index in [9.17, 15) is 13.6 Å². The molecule has 0 saturated carbocycles. The summed E-state index contributed by atoms with van der Waals surface area (Å²) in [5.74, 6) is -0.579. The summed E-state index contributed by atoms with van der Waals surface area (Å²) in [4.78, 5) is 20.5. The van der Waals surface area contributed by atoms with Gasteiger partial charge in [-0.15, -0.1) is 11.8 Å². The van der Waals surface area contributed by atoms with Crippen LogP contribution >= 0.6 is 35.0 Å². The molecule has 0 spiro atoms. The van der Waals surface area contributed by atoms with Crippen molar-refractivity contribution in [2.24, 2.45) is 0 Å². The predicted octanol–water partition coefficient (Wildman–Crippen LogP) is 4.57. The van der Waals surface area contributed by atoms with Crippen LogP contribution < -0.4 is 15.9 Å².